The molecule has 3 aromatic rings. The highest BCUT2D eigenvalue weighted by molar-refractivity contribution is 7.99. The van der Waals surface area contributed by atoms with Crippen molar-refractivity contribution in [1.29, 1.82) is 0 Å². The van der Waals surface area contributed by atoms with Gasteiger partial charge in [-0.05, 0) is 50.2 Å². The molecule has 1 aromatic heterocycles. The molecule has 2 aromatic carbocycles. The third kappa shape index (κ3) is 7.21. The molecule has 0 aliphatic rings. The number of anilines is 3. The molecule has 0 spiro atoms. The molecular formula is C23H24N4O3S2. The molecule has 0 fully saturated rings. The largest absolute Gasteiger partial charge is 0.326 e. The number of carbonyl (C=O) groups excluding carboxylic acids is 3. The first-order valence-electron chi connectivity index (χ1n) is 9.88. The molecule has 0 unspecified atom stereocenters. The number of nitrogens with one attached hydrogen (secondary N) is 3. The Morgan fingerprint density at radius 2 is 1.56 bits per heavy atom. The summed E-state index contributed by atoms with van der Waals surface area (Å²) in [6.45, 7) is 5.36. The number of aryl methyl sites for hydroxylation is 2. The van der Waals surface area contributed by atoms with Crippen LogP contribution in [0.1, 0.15) is 34.1 Å². The molecule has 0 saturated heterocycles. The van der Waals surface area contributed by atoms with Crippen LogP contribution in [0.2, 0.25) is 0 Å². The maximum Gasteiger partial charge on any atom is 0.257 e. The lowest BCUT2D eigenvalue weighted by Crippen LogP contribution is -2.14. The van der Waals surface area contributed by atoms with Crippen LogP contribution >= 0.6 is 23.1 Å². The zero-order valence-corrected chi connectivity index (χ0v) is 19.7. The van der Waals surface area contributed by atoms with E-state index in [4.69, 9.17) is 0 Å². The minimum Gasteiger partial charge on any atom is -0.326 e. The molecule has 0 saturated carbocycles. The second kappa shape index (κ2) is 10.9. The van der Waals surface area contributed by atoms with Crippen LogP contribution in [-0.2, 0) is 15.3 Å². The SMILES string of the molecule is CC(=O)Nc1ccc(NC(=O)CSCc2csc(NC(=O)c3cc(C)cc(C)c3)n2)cc1. The number of rotatable bonds is 8. The highest BCUT2D eigenvalue weighted by atomic mass is 32.2. The van der Waals surface area contributed by atoms with Gasteiger partial charge in [0, 0.05) is 35.0 Å². The number of hydrogen-bond donors (Lipinski definition) is 3. The van der Waals surface area contributed by atoms with E-state index in [1.165, 1.54) is 30.0 Å². The van der Waals surface area contributed by atoms with Crippen LogP contribution < -0.4 is 16.0 Å². The number of aromatic nitrogens is 1. The quantitative estimate of drug-likeness (QED) is 0.439. The number of thioether (sulfide) groups is 1. The summed E-state index contributed by atoms with van der Waals surface area (Å²) in [5.41, 5.74) is 4.82. The highest BCUT2D eigenvalue weighted by Crippen LogP contribution is 2.21. The third-order valence-corrected chi connectivity index (χ3v) is 6.00. The lowest BCUT2D eigenvalue weighted by atomic mass is 10.1. The number of carbonyl (C=O) groups is 3. The van der Waals surface area contributed by atoms with Crippen molar-refractivity contribution < 1.29 is 14.4 Å². The van der Waals surface area contributed by atoms with E-state index in [9.17, 15) is 14.4 Å². The van der Waals surface area contributed by atoms with Gasteiger partial charge in [-0.3, -0.25) is 19.7 Å². The molecule has 32 heavy (non-hydrogen) atoms. The Hall–Kier alpha value is -3.17. The van der Waals surface area contributed by atoms with Gasteiger partial charge in [0.05, 0.1) is 11.4 Å². The van der Waals surface area contributed by atoms with Crippen LogP contribution in [0.3, 0.4) is 0 Å². The van der Waals surface area contributed by atoms with Gasteiger partial charge in [0.15, 0.2) is 5.13 Å². The van der Waals surface area contributed by atoms with E-state index in [0.29, 0.717) is 27.8 Å². The molecule has 7 nitrogen and oxygen atoms in total. The van der Waals surface area contributed by atoms with Crippen LogP contribution in [0, 0.1) is 13.8 Å². The van der Waals surface area contributed by atoms with Gasteiger partial charge < -0.3 is 10.6 Å². The fraction of sp³-hybridized carbons (Fsp3) is 0.217. The molecule has 0 radical (unpaired) electrons. The summed E-state index contributed by atoms with van der Waals surface area (Å²) in [6, 6.07) is 12.6. The maximum atomic E-state index is 12.5. The van der Waals surface area contributed by atoms with E-state index in [2.05, 4.69) is 20.9 Å². The van der Waals surface area contributed by atoms with Gasteiger partial charge in [-0.2, -0.15) is 0 Å². The molecule has 3 amide bonds. The zero-order chi connectivity index (χ0) is 23.1. The van der Waals surface area contributed by atoms with E-state index < -0.39 is 0 Å². The molecule has 0 bridgehead atoms. The van der Waals surface area contributed by atoms with Crippen LogP contribution in [0.15, 0.2) is 47.8 Å². The fourth-order valence-corrected chi connectivity index (χ4v) is 4.52. The zero-order valence-electron chi connectivity index (χ0n) is 18.0. The van der Waals surface area contributed by atoms with Crippen molar-refractivity contribution in [3.8, 4) is 0 Å². The van der Waals surface area contributed by atoms with Crippen molar-refractivity contribution in [3.05, 3.63) is 70.2 Å². The predicted octanol–water partition coefficient (Wildman–Crippen LogP) is 4.84. The Morgan fingerprint density at radius 3 is 2.19 bits per heavy atom. The van der Waals surface area contributed by atoms with E-state index >= 15 is 0 Å². The van der Waals surface area contributed by atoms with Gasteiger partial charge in [-0.1, -0.05) is 17.2 Å². The molecular weight excluding hydrogens is 444 g/mol. The summed E-state index contributed by atoms with van der Waals surface area (Å²) in [5, 5.41) is 10.7. The number of hydrogen-bond acceptors (Lipinski definition) is 6. The maximum absolute atomic E-state index is 12.5. The van der Waals surface area contributed by atoms with Gasteiger partial charge >= 0.3 is 0 Å². The fourth-order valence-electron chi connectivity index (χ4n) is 2.99. The van der Waals surface area contributed by atoms with E-state index in [1.54, 1.807) is 24.3 Å². The van der Waals surface area contributed by atoms with Crippen molar-refractivity contribution in [2.75, 3.05) is 21.7 Å². The molecule has 0 aliphatic heterocycles. The Kier molecular flexibility index (Phi) is 8.02. The lowest BCUT2D eigenvalue weighted by molar-refractivity contribution is -0.114. The van der Waals surface area contributed by atoms with Gasteiger partial charge in [0.25, 0.3) is 5.91 Å². The molecule has 1 heterocycles. The van der Waals surface area contributed by atoms with Crippen molar-refractivity contribution >= 4 is 57.3 Å². The van der Waals surface area contributed by atoms with Gasteiger partial charge in [-0.15, -0.1) is 23.1 Å². The van der Waals surface area contributed by atoms with Gasteiger partial charge in [0.2, 0.25) is 11.8 Å². The monoisotopic (exact) mass is 468 g/mol. The van der Waals surface area contributed by atoms with Crippen LogP contribution in [-0.4, -0.2) is 28.5 Å². The number of nitrogens with zero attached hydrogens (tertiary/aromatic N) is 1. The molecule has 3 rings (SSSR count). The topological polar surface area (TPSA) is 100 Å². The standard InChI is InChI=1S/C23H24N4O3S2/c1-14-8-15(2)10-17(9-14)22(30)27-23-26-20(12-32-23)11-31-13-21(29)25-19-6-4-18(5-7-19)24-16(3)28/h4-10,12H,11,13H2,1-3H3,(H,24,28)(H,25,29)(H,26,27,30). The van der Waals surface area contributed by atoms with Gasteiger partial charge in [-0.25, -0.2) is 4.98 Å². The molecule has 3 N–H and O–H groups in total. The van der Waals surface area contributed by atoms with Gasteiger partial charge in [0.1, 0.15) is 0 Å². The first-order valence-corrected chi connectivity index (χ1v) is 11.9. The second-order valence-electron chi connectivity index (χ2n) is 7.27. The second-order valence-corrected chi connectivity index (χ2v) is 9.12. The molecule has 0 aliphatic carbocycles. The number of thiazole rings is 1. The first-order chi connectivity index (χ1) is 15.3. The van der Waals surface area contributed by atoms with E-state index in [-0.39, 0.29) is 23.5 Å². The van der Waals surface area contributed by atoms with Crippen molar-refractivity contribution in [2.24, 2.45) is 0 Å². The number of amides is 3. The first kappa shape index (κ1) is 23.5. The van der Waals surface area contributed by atoms with Crippen molar-refractivity contribution in [2.45, 2.75) is 26.5 Å². The van der Waals surface area contributed by atoms with E-state index in [1.807, 2.05) is 37.4 Å². The van der Waals surface area contributed by atoms with E-state index in [0.717, 1.165) is 16.8 Å². The number of benzene rings is 2. The Bertz CT molecular complexity index is 1110. The lowest BCUT2D eigenvalue weighted by Gasteiger charge is -2.06. The normalized spacial score (nSPS) is 10.5. The molecule has 0 atom stereocenters. The van der Waals surface area contributed by atoms with Crippen LogP contribution in [0.4, 0.5) is 16.5 Å². The molecule has 9 heteroatoms. The van der Waals surface area contributed by atoms with Crippen molar-refractivity contribution in [3.63, 3.8) is 0 Å². The van der Waals surface area contributed by atoms with Crippen LogP contribution in [0.25, 0.3) is 0 Å². The minimum atomic E-state index is -0.186. The summed E-state index contributed by atoms with van der Waals surface area (Å²) >= 11 is 2.80. The summed E-state index contributed by atoms with van der Waals surface area (Å²) in [7, 11) is 0. The average molecular weight is 469 g/mol. The predicted molar refractivity (Wildman–Crippen MR) is 132 cm³/mol. The summed E-state index contributed by atoms with van der Waals surface area (Å²) in [5.74, 6) is 0.378. The Labute approximate surface area is 195 Å². The Morgan fingerprint density at radius 1 is 0.938 bits per heavy atom. The summed E-state index contributed by atoms with van der Waals surface area (Å²) in [4.78, 5) is 40.1. The van der Waals surface area contributed by atoms with Crippen molar-refractivity contribution in [1.82, 2.24) is 4.98 Å². The summed E-state index contributed by atoms with van der Waals surface area (Å²) < 4.78 is 0. The third-order valence-electron chi connectivity index (χ3n) is 4.23. The van der Waals surface area contributed by atoms with Crippen LogP contribution in [0.5, 0.6) is 0 Å². The average Bonchev–Trinajstić information content (AvgIpc) is 3.15. The summed E-state index contributed by atoms with van der Waals surface area (Å²) in [6.07, 6.45) is 0. The Balaban J connectivity index is 1.44. The smallest absolute Gasteiger partial charge is 0.257 e. The highest BCUT2D eigenvalue weighted by Gasteiger charge is 2.11. The minimum absolute atomic E-state index is 0.124. The molecule has 166 valence electrons.